The van der Waals surface area contributed by atoms with Gasteiger partial charge in [-0.05, 0) is 42.2 Å². The molecule has 2 saturated carbocycles. The minimum atomic E-state index is -0.757. The Morgan fingerprint density at radius 2 is 2.00 bits per heavy atom. The zero-order valence-electron chi connectivity index (χ0n) is 11.1. The van der Waals surface area contributed by atoms with Crippen molar-refractivity contribution in [1.29, 1.82) is 0 Å². The Hall–Kier alpha value is -1.35. The van der Waals surface area contributed by atoms with Crippen LogP contribution in [0.3, 0.4) is 0 Å². The Bertz CT molecular complexity index is 472. The van der Waals surface area contributed by atoms with Gasteiger partial charge in [0, 0.05) is 12.6 Å². The first-order valence-electron chi connectivity index (χ1n) is 7.24. The van der Waals surface area contributed by atoms with Crippen LogP contribution in [-0.4, -0.2) is 17.1 Å². The second-order valence-electron chi connectivity index (χ2n) is 6.00. The fourth-order valence-corrected chi connectivity index (χ4v) is 3.80. The Morgan fingerprint density at radius 3 is 2.63 bits per heavy atom. The number of rotatable bonds is 5. The van der Waals surface area contributed by atoms with E-state index in [4.69, 9.17) is 5.11 Å². The van der Waals surface area contributed by atoms with Gasteiger partial charge in [-0.2, -0.15) is 0 Å². The van der Waals surface area contributed by atoms with Crippen LogP contribution >= 0.6 is 0 Å². The summed E-state index contributed by atoms with van der Waals surface area (Å²) in [5, 5.41) is 12.6. The minimum absolute atomic E-state index is 0.120. The summed E-state index contributed by atoms with van der Waals surface area (Å²) >= 11 is 0. The molecular weight excluding hydrogens is 238 g/mol. The summed E-state index contributed by atoms with van der Waals surface area (Å²) in [5.74, 6) is 1.04. The summed E-state index contributed by atoms with van der Waals surface area (Å²) in [7, 11) is 0. The van der Waals surface area contributed by atoms with Gasteiger partial charge in [0.2, 0.25) is 0 Å². The monoisotopic (exact) mass is 259 g/mol. The molecular formula is C16H21NO2. The predicted molar refractivity (Wildman–Crippen MR) is 73.9 cm³/mol. The van der Waals surface area contributed by atoms with Crippen LogP contribution in [-0.2, 0) is 17.8 Å². The van der Waals surface area contributed by atoms with E-state index in [0.29, 0.717) is 6.04 Å². The number of fused-ring (bicyclic) bond motifs is 2. The molecule has 3 heteroatoms. The van der Waals surface area contributed by atoms with Crippen molar-refractivity contribution in [2.45, 2.75) is 44.7 Å². The number of hydrogen-bond acceptors (Lipinski definition) is 2. The van der Waals surface area contributed by atoms with Gasteiger partial charge < -0.3 is 10.4 Å². The van der Waals surface area contributed by atoms with E-state index in [-0.39, 0.29) is 6.42 Å². The maximum atomic E-state index is 10.9. The highest BCUT2D eigenvalue weighted by Crippen LogP contribution is 2.44. The van der Waals surface area contributed by atoms with Crippen LogP contribution in [0.2, 0.25) is 0 Å². The zero-order chi connectivity index (χ0) is 13.2. The van der Waals surface area contributed by atoms with Gasteiger partial charge in [-0.3, -0.25) is 4.79 Å². The molecule has 3 unspecified atom stereocenters. The summed E-state index contributed by atoms with van der Waals surface area (Å²) in [5.41, 5.74) is 2.07. The topological polar surface area (TPSA) is 49.3 Å². The summed E-state index contributed by atoms with van der Waals surface area (Å²) in [6.45, 7) is 0.803. The van der Waals surface area contributed by atoms with Crippen LogP contribution < -0.4 is 5.32 Å². The molecule has 0 aromatic heterocycles. The fourth-order valence-electron chi connectivity index (χ4n) is 3.80. The summed E-state index contributed by atoms with van der Waals surface area (Å²) in [6.07, 6.45) is 5.62. The number of carboxylic acids is 1. The molecule has 3 rings (SSSR count). The molecule has 19 heavy (non-hydrogen) atoms. The van der Waals surface area contributed by atoms with Crippen molar-refractivity contribution in [2.75, 3.05) is 0 Å². The zero-order valence-corrected chi connectivity index (χ0v) is 11.1. The lowest BCUT2D eigenvalue weighted by Gasteiger charge is -2.23. The van der Waals surface area contributed by atoms with E-state index < -0.39 is 5.97 Å². The van der Waals surface area contributed by atoms with Gasteiger partial charge in [-0.1, -0.05) is 30.7 Å². The van der Waals surface area contributed by atoms with Gasteiger partial charge in [0.05, 0.1) is 6.42 Å². The highest BCUT2D eigenvalue weighted by molar-refractivity contribution is 5.70. The molecule has 3 nitrogen and oxygen atoms in total. The minimum Gasteiger partial charge on any atom is -0.481 e. The number of hydrogen-bond donors (Lipinski definition) is 2. The van der Waals surface area contributed by atoms with Crippen LogP contribution in [0, 0.1) is 11.8 Å². The highest BCUT2D eigenvalue weighted by atomic mass is 16.4. The molecule has 102 valence electrons. The number of aliphatic carboxylic acids is 1. The van der Waals surface area contributed by atoms with Gasteiger partial charge >= 0.3 is 5.97 Å². The third-order valence-electron chi connectivity index (χ3n) is 4.75. The molecule has 2 aliphatic carbocycles. The lowest BCUT2D eigenvalue weighted by Crippen LogP contribution is -2.33. The molecule has 3 atom stereocenters. The second-order valence-corrected chi connectivity index (χ2v) is 6.00. The number of carbonyl (C=O) groups is 1. The van der Waals surface area contributed by atoms with Crippen molar-refractivity contribution >= 4 is 5.97 Å². The lowest BCUT2D eigenvalue weighted by atomic mass is 9.95. The summed E-state index contributed by atoms with van der Waals surface area (Å²) in [4.78, 5) is 10.9. The van der Waals surface area contributed by atoms with Crippen molar-refractivity contribution in [3.05, 3.63) is 35.4 Å². The molecule has 2 bridgehead atoms. The van der Waals surface area contributed by atoms with Crippen LogP contribution in [0.5, 0.6) is 0 Å². The van der Waals surface area contributed by atoms with Gasteiger partial charge in [-0.25, -0.2) is 0 Å². The van der Waals surface area contributed by atoms with Gasteiger partial charge in [-0.15, -0.1) is 0 Å². The molecule has 0 heterocycles. The van der Waals surface area contributed by atoms with Crippen molar-refractivity contribution in [2.24, 2.45) is 11.8 Å². The molecule has 0 spiro atoms. The highest BCUT2D eigenvalue weighted by Gasteiger charge is 2.38. The van der Waals surface area contributed by atoms with E-state index in [1.807, 2.05) is 24.3 Å². The van der Waals surface area contributed by atoms with Crippen molar-refractivity contribution in [1.82, 2.24) is 5.32 Å². The first-order valence-corrected chi connectivity index (χ1v) is 7.24. The summed E-state index contributed by atoms with van der Waals surface area (Å²) < 4.78 is 0. The standard InChI is InChI=1S/C16H21NO2/c18-16(19)9-12-3-1-2-4-14(12)10-17-15-8-11-5-6-13(15)7-11/h1-4,11,13,15,17H,5-10H2,(H,18,19). The van der Waals surface area contributed by atoms with E-state index in [2.05, 4.69) is 5.32 Å². The van der Waals surface area contributed by atoms with Crippen molar-refractivity contribution in [3.63, 3.8) is 0 Å². The maximum absolute atomic E-state index is 10.9. The Labute approximate surface area is 114 Å². The first kappa shape index (κ1) is 12.7. The average Bonchev–Trinajstić information content (AvgIpc) is 2.99. The number of carboxylic acid groups (broad SMARTS) is 1. The average molecular weight is 259 g/mol. The van der Waals surface area contributed by atoms with Crippen molar-refractivity contribution in [3.8, 4) is 0 Å². The van der Waals surface area contributed by atoms with Gasteiger partial charge in [0.25, 0.3) is 0 Å². The van der Waals surface area contributed by atoms with E-state index >= 15 is 0 Å². The molecule has 2 N–H and O–H groups in total. The quantitative estimate of drug-likeness (QED) is 0.854. The van der Waals surface area contributed by atoms with E-state index in [9.17, 15) is 4.79 Å². The molecule has 2 fully saturated rings. The van der Waals surface area contributed by atoms with Crippen molar-refractivity contribution < 1.29 is 9.90 Å². The second kappa shape index (κ2) is 5.33. The van der Waals surface area contributed by atoms with Crippen LogP contribution in [0.4, 0.5) is 0 Å². The van der Waals surface area contributed by atoms with Gasteiger partial charge in [0.15, 0.2) is 0 Å². The smallest absolute Gasteiger partial charge is 0.307 e. The molecule has 2 aliphatic rings. The lowest BCUT2D eigenvalue weighted by molar-refractivity contribution is -0.136. The molecule has 1 aromatic carbocycles. The van der Waals surface area contributed by atoms with Gasteiger partial charge in [0.1, 0.15) is 0 Å². The summed E-state index contributed by atoms with van der Waals surface area (Å²) in [6, 6.07) is 8.52. The van der Waals surface area contributed by atoms with Crippen LogP contribution in [0.1, 0.15) is 36.8 Å². The Kier molecular flexibility index (Phi) is 3.56. The fraction of sp³-hybridized carbons (Fsp3) is 0.562. The van der Waals surface area contributed by atoms with Crippen LogP contribution in [0.25, 0.3) is 0 Å². The van der Waals surface area contributed by atoms with E-state index in [1.165, 1.54) is 25.7 Å². The number of nitrogens with one attached hydrogen (secondary N) is 1. The van der Waals surface area contributed by atoms with Crippen LogP contribution in [0.15, 0.2) is 24.3 Å². The van der Waals surface area contributed by atoms with E-state index in [0.717, 1.165) is 29.5 Å². The maximum Gasteiger partial charge on any atom is 0.307 e. The molecule has 0 aliphatic heterocycles. The third kappa shape index (κ3) is 2.81. The largest absolute Gasteiger partial charge is 0.481 e. The third-order valence-corrected chi connectivity index (χ3v) is 4.75. The SMILES string of the molecule is O=C(O)Cc1ccccc1CNC1CC2CCC1C2. The molecule has 0 radical (unpaired) electrons. The Morgan fingerprint density at radius 1 is 1.21 bits per heavy atom. The molecule has 0 saturated heterocycles. The normalized spacial score (nSPS) is 28.7. The Balaban J connectivity index is 1.62. The predicted octanol–water partition coefficient (Wildman–Crippen LogP) is 2.59. The molecule has 1 aromatic rings. The molecule has 0 amide bonds. The first-order chi connectivity index (χ1) is 9.22. The number of benzene rings is 1. The van der Waals surface area contributed by atoms with E-state index in [1.54, 1.807) is 0 Å².